The molecule has 0 aliphatic carbocycles. The maximum absolute atomic E-state index is 12.5. The topological polar surface area (TPSA) is 48.5 Å². The van der Waals surface area contributed by atoms with E-state index in [1.165, 1.54) is 29.7 Å². The fourth-order valence-electron chi connectivity index (χ4n) is 3.52. The van der Waals surface area contributed by atoms with Crippen molar-refractivity contribution in [2.75, 3.05) is 31.5 Å². The molecule has 1 aliphatic rings. The maximum atomic E-state index is 12.5. The number of nitrogens with one attached hydrogen (secondary N) is 1. The highest BCUT2D eigenvalue weighted by molar-refractivity contribution is 7.13. The number of likely N-dealkylation sites (tertiary alicyclic amines) is 1. The number of rotatable bonds is 8. The number of benzene rings is 1. The molecule has 6 heteroatoms. The molecule has 2 heterocycles. The summed E-state index contributed by atoms with van der Waals surface area (Å²) >= 11 is 1.50. The van der Waals surface area contributed by atoms with Crippen LogP contribution in [0.2, 0.25) is 0 Å². The summed E-state index contributed by atoms with van der Waals surface area (Å²) in [5, 5.41) is 5.68. The van der Waals surface area contributed by atoms with Crippen molar-refractivity contribution in [1.29, 1.82) is 0 Å². The summed E-state index contributed by atoms with van der Waals surface area (Å²) in [6.45, 7) is 12.8. The van der Waals surface area contributed by atoms with E-state index in [2.05, 4.69) is 46.3 Å². The molecule has 0 atom stereocenters. The van der Waals surface area contributed by atoms with Gasteiger partial charge in [-0.2, -0.15) is 0 Å². The number of hydrogen-bond donors (Lipinski definition) is 1. The maximum Gasteiger partial charge on any atom is 0.257 e. The number of carbonyl (C=O) groups excluding carboxylic acids is 1. The molecule has 1 amide bonds. The summed E-state index contributed by atoms with van der Waals surface area (Å²) in [4.78, 5) is 21.9. The van der Waals surface area contributed by atoms with E-state index >= 15 is 0 Å². The van der Waals surface area contributed by atoms with Crippen LogP contribution in [0.5, 0.6) is 0 Å². The van der Waals surface area contributed by atoms with E-state index in [0.29, 0.717) is 10.7 Å². The molecule has 0 radical (unpaired) electrons. The van der Waals surface area contributed by atoms with Gasteiger partial charge in [0.05, 0.1) is 5.69 Å². The number of carbonyl (C=O) groups is 1. The molecule has 152 valence electrons. The van der Waals surface area contributed by atoms with Crippen LogP contribution in [0.25, 0.3) is 0 Å². The van der Waals surface area contributed by atoms with E-state index in [1.54, 1.807) is 0 Å². The minimum Gasteiger partial charge on any atom is -0.300 e. The van der Waals surface area contributed by atoms with Crippen LogP contribution in [0, 0.1) is 5.92 Å². The molecule has 1 aliphatic heterocycles. The van der Waals surface area contributed by atoms with Crippen molar-refractivity contribution in [3.8, 4) is 0 Å². The summed E-state index contributed by atoms with van der Waals surface area (Å²) in [7, 11) is 0. The van der Waals surface area contributed by atoms with Gasteiger partial charge in [0.15, 0.2) is 5.13 Å². The van der Waals surface area contributed by atoms with Crippen molar-refractivity contribution in [3.05, 3.63) is 46.5 Å². The Hall–Kier alpha value is -1.76. The SMILES string of the molecule is CCN(CC)Cc1ccc(C(=O)Nc2nc(CN3CCC(C)CC3)cs2)cc1. The predicted molar refractivity (Wildman–Crippen MR) is 117 cm³/mol. The average Bonchev–Trinajstić information content (AvgIpc) is 3.15. The van der Waals surface area contributed by atoms with Crippen LogP contribution >= 0.6 is 11.3 Å². The molecule has 0 saturated carbocycles. The lowest BCUT2D eigenvalue weighted by atomic mass is 9.99. The third-order valence-electron chi connectivity index (χ3n) is 5.55. The molecule has 0 unspecified atom stereocenters. The summed E-state index contributed by atoms with van der Waals surface area (Å²) in [6.07, 6.45) is 2.52. The number of amides is 1. The number of nitrogens with zero attached hydrogens (tertiary/aromatic N) is 3. The van der Waals surface area contributed by atoms with Crippen LogP contribution < -0.4 is 5.32 Å². The number of thiazole rings is 1. The molecular weight excluding hydrogens is 368 g/mol. The largest absolute Gasteiger partial charge is 0.300 e. The van der Waals surface area contributed by atoms with E-state index in [4.69, 9.17) is 0 Å². The van der Waals surface area contributed by atoms with Gasteiger partial charge in [0.2, 0.25) is 0 Å². The van der Waals surface area contributed by atoms with Gasteiger partial charge in [0.25, 0.3) is 5.91 Å². The molecule has 0 bridgehead atoms. The van der Waals surface area contributed by atoms with Crippen molar-refractivity contribution in [2.45, 2.75) is 46.7 Å². The highest BCUT2D eigenvalue weighted by Crippen LogP contribution is 2.21. The van der Waals surface area contributed by atoms with E-state index in [1.807, 2.05) is 24.3 Å². The molecule has 1 aromatic carbocycles. The molecule has 2 aromatic rings. The zero-order chi connectivity index (χ0) is 19.9. The van der Waals surface area contributed by atoms with E-state index in [0.717, 1.165) is 50.9 Å². The summed E-state index contributed by atoms with van der Waals surface area (Å²) in [5.41, 5.74) is 2.95. The molecule has 3 rings (SSSR count). The number of piperidine rings is 1. The van der Waals surface area contributed by atoms with Gasteiger partial charge in [-0.3, -0.25) is 19.9 Å². The van der Waals surface area contributed by atoms with Gasteiger partial charge in [-0.05, 0) is 62.6 Å². The lowest BCUT2D eigenvalue weighted by molar-refractivity contribution is 0.102. The van der Waals surface area contributed by atoms with Crippen molar-refractivity contribution in [2.24, 2.45) is 5.92 Å². The van der Waals surface area contributed by atoms with Crippen LogP contribution in [0.3, 0.4) is 0 Å². The lowest BCUT2D eigenvalue weighted by Gasteiger charge is -2.29. The van der Waals surface area contributed by atoms with Gasteiger partial charge in [0.1, 0.15) is 0 Å². The molecule has 1 aromatic heterocycles. The fourth-order valence-corrected chi connectivity index (χ4v) is 4.22. The van der Waals surface area contributed by atoms with Crippen molar-refractivity contribution < 1.29 is 4.79 Å². The van der Waals surface area contributed by atoms with Crippen molar-refractivity contribution in [1.82, 2.24) is 14.8 Å². The monoisotopic (exact) mass is 400 g/mol. The zero-order valence-corrected chi connectivity index (χ0v) is 18.1. The van der Waals surface area contributed by atoms with Gasteiger partial charge >= 0.3 is 0 Å². The summed E-state index contributed by atoms with van der Waals surface area (Å²) < 4.78 is 0. The first-order valence-corrected chi connectivity index (χ1v) is 11.2. The molecule has 5 nitrogen and oxygen atoms in total. The zero-order valence-electron chi connectivity index (χ0n) is 17.3. The van der Waals surface area contributed by atoms with Crippen LogP contribution in [0.15, 0.2) is 29.6 Å². The first kappa shape index (κ1) is 21.0. The number of hydrogen-bond acceptors (Lipinski definition) is 5. The Morgan fingerprint density at radius 2 is 1.89 bits per heavy atom. The average molecular weight is 401 g/mol. The highest BCUT2D eigenvalue weighted by atomic mass is 32.1. The minimum atomic E-state index is -0.0953. The van der Waals surface area contributed by atoms with Gasteiger partial charge in [-0.1, -0.05) is 32.9 Å². The molecule has 0 spiro atoms. The predicted octanol–water partition coefficient (Wildman–Crippen LogP) is 4.47. The Morgan fingerprint density at radius 3 is 2.54 bits per heavy atom. The van der Waals surface area contributed by atoms with Crippen LogP contribution in [0.1, 0.15) is 55.2 Å². The summed E-state index contributed by atoms with van der Waals surface area (Å²) in [6, 6.07) is 7.88. The Balaban J connectivity index is 1.52. The molecule has 28 heavy (non-hydrogen) atoms. The fraction of sp³-hybridized carbons (Fsp3) is 0.545. The van der Waals surface area contributed by atoms with Crippen molar-refractivity contribution >= 4 is 22.4 Å². The van der Waals surface area contributed by atoms with Crippen molar-refractivity contribution in [3.63, 3.8) is 0 Å². The highest BCUT2D eigenvalue weighted by Gasteiger charge is 2.17. The second-order valence-corrected chi connectivity index (χ2v) is 8.57. The van der Waals surface area contributed by atoms with E-state index in [9.17, 15) is 4.79 Å². The Bertz CT molecular complexity index is 746. The molecular formula is C22H32N4OS. The Kier molecular flexibility index (Phi) is 7.59. The summed E-state index contributed by atoms with van der Waals surface area (Å²) in [5.74, 6) is 0.738. The Labute approximate surface area is 172 Å². The van der Waals surface area contributed by atoms with Gasteiger partial charge in [-0.25, -0.2) is 4.98 Å². The van der Waals surface area contributed by atoms with E-state index < -0.39 is 0 Å². The van der Waals surface area contributed by atoms with E-state index in [-0.39, 0.29) is 5.91 Å². The second kappa shape index (κ2) is 10.1. The second-order valence-electron chi connectivity index (χ2n) is 7.72. The van der Waals surface area contributed by atoms with Gasteiger partial charge in [0, 0.05) is 24.0 Å². The van der Waals surface area contributed by atoms with Gasteiger partial charge in [-0.15, -0.1) is 11.3 Å². The smallest absolute Gasteiger partial charge is 0.257 e. The molecule has 1 N–H and O–H groups in total. The van der Waals surface area contributed by atoms with Crippen LogP contribution in [0.4, 0.5) is 5.13 Å². The van der Waals surface area contributed by atoms with Gasteiger partial charge < -0.3 is 0 Å². The first-order chi connectivity index (χ1) is 13.6. The normalized spacial score (nSPS) is 15.9. The first-order valence-electron chi connectivity index (χ1n) is 10.4. The Morgan fingerprint density at radius 1 is 1.21 bits per heavy atom. The number of aromatic nitrogens is 1. The lowest BCUT2D eigenvalue weighted by Crippen LogP contribution is -2.32. The third kappa shape index (κ3) is 5.87. The van der Waals surface area contributed by atoms with Crippen LogP contribution in [-0.4, -0.2) is 46.9 Å². The number of anilines is 1. The third-order valence-corrected chi connectivity index (χ3v) is 6.36. The molecule has 1 saturated heterocycles. The standard InChI is InChI=1S/C22H32N4OS/c1-4-25(5-2)14-18-6-8-19(9-7-18)21(27)24-22-23-20(16-28-22)15-26-12-10-17(3)11-13-26/h6-9,16-17H,4-5,10-15H2,1-3H3,(H,23,24,27). The minimum absolute atomic E-state index is 0.0953. The quantitative estimate of drug-likeness (QED) is 0.710. The van der Waals surface area contributed by atoms with Crippen LogP contribution in [-0.2, 0) is 13.1 Å². The molecule has 1 fully saturated rings.